The molecule has 0 aliphatic heterocycles. The van der Waals surface area contributed by atoms with Crippen molar-refractivity contribution >= 4 is 17.9 Å². The molecule has 28 heavy (non-hydrogen) atoms. The van der Waals surface area contributed by atoms with Gasteiger partial charge >= 0.3 is 12.2 Å². The maximum Gasteiger partial charge on any atom is 0.412 e. The van der Waals surface area contributed by atoms with Crippen LogP contribution in [0, 0.1) is 6.92 Å². The van der Waals surface area contributed by atoms with Gasteiger partial charge in [-0.25, -0.2) is 9.59 Å². The summed E-state index contributed by atoms with van der Waals surface area (Å²) in [5, 5.41) is 2.80. The van der Waals surface area contributed by atoms with Crippen LogP contribution in [-0.2, 0) is 9.47 Å². The summed E-state index contributed by atoms with van der Waals surface area (Å²) in [7, 11) is 0. The van der Waals surface area contributed by atoms with E-state index < -0.39 is 17.3 Å². The number of rotatable bonds is 5. The zero-order valence-corrected chi connectivity index (χ0v) is 18.8. The predicted octanol–water partition coefficient (Wildman–Crippen LogP) is 6.05. The van der Waals surface area contributed by atoms with Crippen molar-refractivity contribution < 1.29 is 19.1 Å². The molecule has 1 aromatic carbocycles. The van der Waals surface area contributed by atoms with Gasteiger partial charge in [0.1, 0.15) is 11.2 Å². The van der Waals surface area contributed by atoms with E-state index in [0.29, 0.717) is 12.2 Å². The molecule has 0 aliphatic carbocycles. The lowest BCUT2D eigenvalue weighted by molar-refractivity contribution is 0.0173. The van der Waals surface area contributed by atoms with Gasteiger partial charge in [-0.15, -0.1) is 0 Å². The topological polar surface area (TPSA) is 67.9 Å². The highest BCUT2D eigenvalue weighted by Gasteiger charge is 2.27. The lowest BCUT2D eigenvalue weighted by Gasteiger charge is -2.32. The number of nitrogens with zero attached hydrogens (tertiary/aromatic N) is 1. The van der Waals surface area contributed by atoms with Gasteiger partial charge in [0.15, 0.2) is 0 Å². The molecule has 0 spiro atoms. The van der Waals surface area contributed by atoms with Crippen molar-refractivity contribution in [3.05, 3.63) is 29.3 Å². The van der Waals surface area contributed by atoms with Crippen LogP contribution in [0.25, 0.3) is 0 Å². The third-order valence-corrected chi connectivity index (χ3v) is 3.94. The van der Waals surface area contributed by atoms with Crippen molar-refractivity contribution in [1.29, 1.82) is 0 Å². The summed E-state index contributed by atoms with van der Waals surface area (Å²) >= 11 is 0. The van der Waals surface area contributed by atoms with Crippen molar-refractivity contribution in [3.63, 3.8) is 0 Å². The first-order chi connectivity index (χ1) is 12.7. The van der Waals surface area contributed by atoms with E-state index >= 15 is 0 Å². The van der Waals surface area contributed by atoms with Gasteiger partial charge in [-0.1, -0.05) is 19.1 Å². The van der Waals surface area contributed by atoms with E-state index in [0.717, 1.165) is 17.5 Å². The molecule has 1 N–H and O–H groups in total. The van der Waals surface area contributed by atoms with Crippen LogP contribution < -0.4 is 5.32 Å². The standard InChI is InChI=1S/C22H36N2O4/c1-10-13-24(20(26)28-22(7,8)9)16(3)17-12-11-15(2)18(14-17)23-19(25)27-21(4,5)6/h11-12,14,16H,10,13H2,1-9H3,(H,23,25)/t16-/m1/s1. The molecule has 0 fully saturated rings. The molecule has 1 atom stereocenters. The Hall–Kier alpha value is -2.24. The van der Waals surface area contributed by atoms with Gasteiger partial charge in [-0.2, -0.15) is 0 Å². The molecule has 1 aromatic rings. The van der Waals surface area contributed by atoms with Gasteiger partial charge in [0.2, 0.25) is 0 Å². The third kappa shape index (κ3) is 7.79. The Morgan fingerprint density at radius 3 is 2.14 bits per heavy atom. The number of anilines is 1. The summed E-state index contributed by atoms with van der Waals surface area (Å²) in [6.07, 6.45) is -0.0274. The van der Waals surface area contributed by atoms with E-state index in [1.54, 1.807) is 4.90 Å². The van der Waals surface area contributed by atoms with Gasteiger partial charge in [0.05, 0.1) is 6.04 Å². The molecular formula is C22H36N2O4. The number of ether oxygens (including phenoxy) is 2. The van der Waals surface area contributed by atoms with Gasteiger partial charge < -0.3 is 14.4 Å². The maximum atomic E-state index is 12.7. The van der Waals surface area contributed by atoms with E-state index in [1.807, 2.05) is 80.5 Å². The summed E-state index contributed by atoms with van der Waals surface area (Å²) in [6.45, 7) is 17.5. The number of benzene rings is 1. The molecule has 6 nitrogen and oxygen atoms in total. The monoisotopic (exact) mass is 392 g/mol. The summed E-state index contributed by atoms with van der Waals surface area (Å²) in [5.41, 5.74) is 1.37. The minimum atomic E-state index is -0.572. The van der Waals surface area contributed by atoms with E-state index in [1.165, 1.54) is 0 Å². The van der Waals surface area contributed by atoms with Crippen LogP contribution in [0.4, 0.5) is 15.3 Å². The second-order valence-electron chi connectivity index (χ2n) is 9.05. The molecular weight excluding hydrogens is 356 g/mol. The molecule has 0 bridgehead atoms. The van der Waals surface area contributed by atoms with Crippen LogP contribution in [0.5, 0.6) is 0 Å². The van der Waals surface area contributed by atoms with Gasteiger partial charge in [-0.05, 0) is 79.0 Å². The highest BCUT2D eigenvalue weighted by atomic mass is 16.6. The van der Waals surface area contributed by atoms with E-state index in [-0.39, 0.29) is 12.1 Å². The number of hydrogen-bond donors (Lipinski definition) is 1. The highest BCUT2D eigenvalue weighted by Crippen LogP contribution is 2.27. The van der Waals surface area contributed by atoms with E-state index in [2.05, 4.69) is 5.32 Å². The molecule has 1 rings (SSSR count). The fourth-order valence-electron chi connectivity index (χ4n) is 2.63. The second kappa shape index (κ2) is 9.30. The Morgan fingerprint density at radius 2 is 1.64 bits per heavy atom. The fraction of sp³-hybridized carbons (Fsp3) is 0.636. The fourth-order valence-corrected chi connectivity index (χ4v) is 2.63. The predicted molar refractivity (Wildman–Crippen MR) is 113 cm³/mol. The number of amides is 2. The molecule has 0 saturated carbocycles. The van der Waals surface area contributed by atoms with Crippen LogP contribution in [-0.4, -0.2) is 34.8 Å². The summed E-state index contributed by atoms with van der Waals surface area (Å²) in [4.78, 5) is 26.5. The zero-order chi connectivity index (χ0) is 21.7. The number of nitrogens with one attached hydrogen (secondary N) is 1. The molecule has 0 unspecified atom stereocenters. The average molecular weight is 393 g/mol. The molecule has 0 radical (unpaired) electrons. The largest absolute Gasteiger partial charge is 0.444 e. The lowest BCUT2D eigenvalue weighted by Crippen LogP contribution is -2.39. The van der Waals surface area contributed by atoms with Gasteiger partial charge in [-0.3, -0.25) is 5.32 Å². The number of aryl methyl sites for hydroxylation is 1. The first-order valence-electron chi connectivity index (χ1n) is 9.83. The smallest absolute Gasteiger partial charge is 0.412 e. The van der Waals surface area contributed by atoms with Crippen LogP contribution in [0.3, 0.4) is 0 Å². The average Bonchev–Trinajstić information content (AvgIpc) is 2.50. The first kappa shape index (κ1) is 23.8. The SMILES string of the molecule is CCCN(C(=O)OC(C)(C)C)[C@H](C)c1ccc(C)c(NC(=O)OC(C)(C)C)c1. The van der Waals surface area contributed by atoms with Crippen molar-refractivity contribution in [2.45, 2.75) is 86.0 Å². The minimum absolute atomic E-state index is 0.199. The molecule has 0 aromatic heterocycles. The number of hydrogen-bond acceptors (Lipinski definition) is 4. The van der Waals surface area contributed by atoms with Crippen LogP contribution in [0.1, 0.15) is 79.0 Å². The van der Waals surface area contributed by atoms with Crippen LogP contribution in [0.2, 0.25) is 0 Å². The maximum absolute atomic E-state index is 12.7. The molecule has 0 heterocycles. The van der Waals surface area contributed by atoms with Crippen molar-refractivity contribution in [2.24, 2.45) is 0 Å². The molecule has 2 amide bonds. The van der Waals surface area contributed by atoms with Gasteiger partial charge in [0, 0.05) is 12.2 Å². The van der Waals surface area contributed by atoms with Crippen molar-refractivity contribution in [2.75, 3.05) is 11.9 Å². The summed E-state index contributed by atoms with van der Waals surface area (Å²) < 4.78 is 10.9. The first-order valence-corrected chi connectivity index (χ1v) is 9.83. The third-order valence-electron chi connectivity index (χ3n) is 3.94. The number of carbonyl (C=O) groups is 2. The Bertz CT molecular complexity index is 687. The Balaban J connectivity index is 3.07. The van der Waals surface area contributed by atoms with E-state index in [9.17, 15) is 9.59 Å². The minimum Gasteiger partial charge on any atom is -0.444 e. The Labute approximate surface area is 169 Å². The Kier molecular flexibility index (Phi) is 7.91. The second-order valence-corrected chi connectivity index (χ2v) is 9.05. The summed E-state index contributed by atoms with van der Waals surface area (Å²) in [5.74, 6) is 0. The van der Waals surface area contributed by atoms with E-state index in [4.69, 9.17) is 9.47 Å². The van der Waals surface area contributed by atoms with Crippen molar-refractivity contribution in [1.82, 2.24) is 4.90 Å². The quantitative estimate of drug-likeness (QED) is 0.662. The molecule has 6 heteroatoms. The van der Waals surface area contributed by atoms with Crippen molar-refractivity contribution in [3.8, 4) is 0 Å². The molecule has 0 aliphatic rings. The Morgan fingerprint density at radius 1 is 1.07 bits per heavy atom. The zero-order valence-electron chi connectivity index (χ0n) is 18.8. The molecule has 0 saturated heterocycles. The highest BCUT2D eigenvalue weighted by molar-refractivity contribution is 5.86. The normalized spacial score (nSPS) is 12.9. The van der Waals surface area contributed by atoms with Crippen LogP contribution in [0.15, 0.2) is 18.2 Å². The lowest BCUT2D eigenvalue weighted by atomic mass is 10.0. The van der Waals surface area contributed by atoms with Gasteiger partial charge in [0.25, 0.3) is 0 Å². The van der Waals surface area contributed by atoms with Crippen LogP contribution >= 0.6 is 0 Å². The number of carbonyl (C=O) groups excluding carboxylic acids is 2. The summed E-state index contributed by atoms with van der Waals surface area (Å²) in [6, 6.07) is 5.58. The molecule has 158 valence electrons.